The van der Waals surface area contributed by atoms with E-state index in [0.29, 0.717) is 13.1 Å². The third-order valence-electron chi connectivity index (χ3n) is 4.90. The van der Waals surface area contributed by atoms with Crippen molar-refractivity contribution in [1.29, 1.82) is 0 Å². The van der Waals surface area contributed by atoms with Gasteiger partial charge in [0.15, 0.2) is 5.96 Å². The number of nitrogens with zero attached hydrogens (tertiary/aromatic N) is 3. The van der Waals surface area contributed by atoms with E-state index >= 15 is 0 Å². The van der Waals surface area contributed by atoms with Crippen molar-refractivity contribution < 1.29 is 9.47 Å². The molecule has 0 atom stereocenters. The smallest absolute Gasteiger partial charge is 0.191 e. The first-order valence-corrected chi connectivity index (χ1v) is 11.1. The van der Waals surface area contributed by atoms with Crippen molar-refractivity contribution in [3.8, 4) is 5.75 Å². The van der Waals surface area contributed by atoms with Crippen molar-refractivity contribution in [1.82, 2.24) is 15.6 Å². The Labute approximate surface area is 210 Å². The van der Waals surface area contributed by atoms with E-state index in [9.17, 15) is 0 Å². The molecule has 0 fully saturated rings. The summed E-state index contributed by atoms with van der Waals surface area (Å²) < 4.78 is 10.6. The molecule has 0 aliphatic rings. The highest BCUT2D eigenvalue weighted by molar-refractivity contribution is 14.0. The number of benzene rings is 1. The first-order chi connectivity index (χ1) is 15.2. The summed E-state index contributed by atoms with van der Waals surface area (Å²) in [7, 11) is 1.67. The number of hydrogen-bond acceptors (Lipinski definition) is 5. The molecular weight excluding hydrogens is 517 g/mol. The fraction of sp³-hybridized carbons (Fsp3) is 0.500. The molecule has 2 N–H and O–H groups in total. The van der Waals surface area contributed by atoms with Crippen LogP contribution >= 0.6 is 24.0 Å². The highest BCUT2D eigenvalue weighted by Gasteiger charge is 2.04. The maximum absolute atomic E-state index is 5.42. The van der Waals surface area contributed by atoms with E-state index in [-0.39, 0.29) is 24.0 Å². The number of aromatic nitrogens is 1. The van der Waals surface area contributed by atoms with E-state index in [1.807, 2.05) is 37.4 Å². The van der Waals surface area contributed by atoms with Crippen molar-refractivity contribution >= 4 is 35.8 Å². The minimum Gasteiger partial charge on any atom is -0.497 e. The van der Waals surface area contributed by atoms with Crippen molar-refractivity contribution in [2.24, 2.45) is 4.99 Å². The number of aliphatic imine (C=N–C) groups is 1. The monoisotopic (exact) mass is 555 g/mol. The fourth-order valence-electron chi connectivity index (χ4n) is 3.04. The van der Waals surface area contributed by atoms with Crippen LogP contribution in [-0.2, 0) is 17.8 Å². The Bertz CT molecular complexity index is 765. The lowest BCUT2D eigenvalue weighted by Crippen LogP contribution is -2.37. The number of halogens is 1. The van der Waals surface area contributed by atoms with Gasteiger partial charge in [-0.05, 0) is 56.5 Å². The highest BCUT2D eigenvalue weighted by atomic mass is 127. The Hall–Kier alpha value is -2.07. The molecule has 1 aromatic heterocycles. The minimum absolute atomic E-state index is 0. The van der Waals surface area contributed by atoms with Crippen LogP contribution in [0.4, 0.5) is 5.82 Å². The molecule has 8 heteroatoms. The molecule has 32 heavy (non-hydrogen) atoms. The van der Waals surface area contributed by atoms with Gasteiger partial charge in [-0.15, -0.1) is 24.0 Å². The number of hydrogen-bond donors (Lipinski definition) is 2. The van der Waals surface area contributed by atoms with Crippen LogP contribution in [0.15, 0.2) is 47.6 Å². The predicted molar refractivity (Wildman–Crippen MR) is 143 cm³/mol. The van der Waals surface area contributed by atoms with Gasteiger partial charge in [0.1, 0.15) is 11.6 Å². The van der Waals surface area contributed by atoms with E-state index < -0.39 is 0 Å². The lowest BCUT2D eigenvalue weighted by molar-refractivity contribution is 0.145. The van der Waals surface area contributed by atoms with Gasteiger partial charge in [-0.25, -0.2) is 9.98 Å². The first kappa shape index (κ1) is 28.0. The zero-order valence-corrected chi connectivity index (χ0v) is 22.1. The lowest BCUT2D eigenvalue weighted by Gasteiger charge is -2.19. The van der Waals surface area contributed by atoms with Gasteiger partial charge in [0.05, 0.1) is 13.7 Å². The SMILES string of the molecule is CCOCCCNC(=NCc1ccc(N(CC)CC)nc1)NCc1ccc(OC)cc1.I. The van der Waals surface area contributed by atoms with Crippen LogP contribution in [-0.4, -0.2) is 50.9 Å². The average molecular weight is 556 g/mol. The predicted octanol–water partition coefficient (Wildman–Crippen LogP) is 4.22. The van der Waals surface area contributed by atoms with Crippen LogP contribution in [0.5, 0.6) is 5.75 Å². The number of methoxy groups -OCH3 is 1. The highest BCUT2D eigenvalue weighted by Crippen LogP contribution is 2.12. The van der Waals surface area contributed by atoms with Crippen LogP contribution in [0.25, 0.3) is 0 Å². The molecule has 1 heterocycles. The quantitative estimate of drug-likeness (QED) is 0.167. The maximum atomic E-state index is 5.42. The zero-order chi connectivity index (χ0) is 22.3. The number of rotatable bonds is 13. The summed E-state index contributed by atoms with van der Waals surface area (Å²) >= 11 is 0. The van der Waals surface area contributed by atoms with Gasteiger partial charge >= 0.3 is 0 Å². The molecule has 0 saturated carbocycles. The van der Waals surface area contributed by atoms with E-state index in [1.54, 1.807) is 7.11 Å². The Morgan fingerprint density at radius 1 is 1.00 bits per heavy atom. The first-order valence-electron chi connectivity index (χ1n) is 11.1. The summed E-state index contributed by atoms with van der Waals surface area (Å²) in [6.07, 6.45) is 2.84. The van der Waals surface area contributed by atoms with Crippen LogP contribution in [0.3, 0.4) is 0 Å². The molecule has 0 radical (unpaired) electrons. The summed E-state index contributed by atoms with van der Waals surface area (Å²) in [5.74, 6) is 2.64. The van der Waals surface area contributed by atoms with Gasteiger partial charge in [0.25, 0.3) is 0 Å². The number of nitrogens with one attached hydrogen (secondary N) is 2. The fourth-order valence-corrected chi connectivity index (χ4v) is 3.04. The second-order valence-electron chi connectivity index (χ2n) is 7.04. The van der Waals surface area contributed by atoms with Crippen molar-refractivity contribution in [2.45, 2.75) is 40.3 Å². The van der Waals surface area contributed by atoms with Gasteiger partial charge in [0, 0.05) is 45.6 Å². The third kappa shape index (κ3) is 10.0. The average Bonchev–Trinajstić information content (AvgIpc) is 2.82. The van der Waals surface area contributed by atoms with Crippen LogP contribution in [0, 0.1) is 0 Å². The van der Waals surface area contributed by atoms with Crippen LogP contribution < -0.4 is 20.3 Å². The molecule has 178 valence electrons. The second-order valence-corrected chi connectivity index (χ2v) is 7.04. The van der Waals surface area contributed by atoms with Gasteiger partial charge in [0.2, 0.25) is 0 Å². The zero-order valence-electron chi connectivity index (χ0n) is 19.8. The Morgan fingerprint density at radius 3 is 2.31 bits per heavy atom. The third-order valence-corrected chi connectivity index (χ3v) is 4.90. The van der Waals surface area contributed by atoms with Crippen molar-refractivity contribution in [2.75, 3.05) is 44.9 Å². The summed E-state index contributed by atoms with van der Waals surface area (Å²) in [5.41, 5.74) is 2.24. The molecule has 0 aliphatic carbocycles. The molecule has 2 aromatic rings. The standard InChI is InChI=1S/C24H37N5O2.HI/c1-5-29(6-2)23-14-11-21(18-26-23)19-28-24(25-15-8-16-31-7-3)27-17-20-9-12-22(30-4)13-10-20;/h9-14,18H,5-8,15-17,19H2,1-4H3,(H2,25,27,28);1H. The molecule has 0 spiro atoms. The number of anilines is 1. The number of ether oxygens (including phenoxy) is 2. The topological polar surface area (TPSA) is 71.0 Å². The van der Waals surface area contributed by atoms with Crippen molar-refractivity contribution in [3.05, 3.63) is 53.7 Å². The molecule has 2 rings (SSSR count). The normalized spacial score (nSPS) is 10.9. The van der Waals surface area contributed by atoms with Gasteiger partial charge in [-0.3, -0.25) is 0 Å². The van der Waals surface area contributed by atoms with Gasteiger partial charge < -0.3 is 25.0 Å². The van der Waals surface area contributed by atoms with E-state index in [2.05, 4.69) is 46.5 Å². The summed E-state index contributed by atoms with van der Waals surface area (Å²) in [4.78, 5) is 11.6. The summed E-state index contributed by atoms with van der Waals surface area (Å²) in [5, 5.41) is 6.81. The second kappa shape index (κ2) is 16.5. The molecule has 0 unspecified atom stereocenters. The molecule has 0 saturated heterocycles. The van der Waals surface area contributed by atoms with Crippen LogP contribution in [0.1, 0.15) is 38.3 Å². The molecule has 1 aromatic carbocycles. The summed E-state index contributed by atoms with van der Waals surface area (Å²) in [6, 6.07) is 12.2. The van der Waals surface area contributed by atoms with E-state index in [0.717, 1.165) is 67.9 Å². The minimum atomic E-state index is 0. The van der Waals surface area contributed by atoms with E-state index in [4.69, 9.17) is 14.5 Å². The van der Waals surface area contributed by atoms with Crippen molar-refractivity contribution in [3.63, 3.8) is 0 Å². The summed E-state index contributed by atoms with van der Waals surface area (Å²) in [6.45, 7) is 11.7. The molecule has 7 nitrogen and oxygen atoms in total. The maximum Gasteiger partial charge on any atom is 0.191 e. The lowest BCUT2D eigenvalue weighted by atomic mass is 10.2. The Balaban J connectivity index is 0.00000512. The Morgan fingerprint density at radius 2 is 1.72 bits per heavy atom. The number of guanidine groups is 1. The molecule has 0 bridgehead atoms. The molecular formula is C24H38IN5O2. The molecule has 0 aliphatic heterocycles. The van der Waals surface area contributed by atoms with Crippen LogP contribution in [0.2, 0.25) is 0 Å². The molecule has 0 amide bonds. The number of pyridine rings is 1. The largest absolute Gasteiger partial charge is 0.497 e. The Kier molecular flexibility index (Phi) is 14.5. The van der Waals surface area contributed by atoms with Gasteiger partial charge in [-0.2, -0.15) is 0 Å². The van der Waals surface area contributed by atoms with E-state index in [1.165, 1.54) is 0 Å². The van der Waals surface area contributed by atoms with Gasteiger partial charge in [-0.1, -0.05) is 18.2 Å².